The molecule has 0 radical (unpaired) electrons. The molecule has 8 heteroatoms. The highest BCUT2D eigenvalue weighted by Gasteiger charge is 2.58. The van der Waals surface area contributed by atoms with Gasteiger partial charge in [-0.25, -0.2) is 4.98 Å². The third kappa shape index (κ3) is 3.73. The summed E-state index contributed by atoms with van der Waals surface area (Å²) in [7, 11) is 0. The molecule has 0 saturated heterocycles. The number of aromatic hydroxyl groups is 1. The summed E-state index contributed by atoms with van der Waals surface area (Å²) in [6.45, 7) is 4.10. The standard InChI is InChI=1S/C25H30ClN3O3S/c1-12-11-28-24(33-12)29-20(31)6-3-13-9-19(30)25(2)8-7-14-15(21(13)25)4-5-16-17(14)10-18(27)23(32)22(16)26/h10-11,13-15,21,32H,3-9,27H2,1-2H3,(H,28,29,31)/t13-,14?,15?,21?,25-/m1/s1. The Morgan fingerprint density at radius 1 is 1.42 bits per heavy atom. The van der Waals surface area contributed by atoms with Gasteiger partial charge in [0.2, 0.25) is 5.91 Å². The molecule has 1 aromatic heterocycles. The zero-order valence-corrected chi connectivity index (χ0v) is 20.6. The molecule has 5 atom stereocenters. The second kappa shape index (κ2) is 8.27. The van der Waals surface area contributed by atoms with Crippen molar-refractivity contribution in [1.29, 1.82) is 0 Å². The number of rotatable bonds is 4. The zero-order chi connectivity index (χ0) is 23.5. The number of nitrogens with two attached hydrogens (primary N) is 1. The van der Waals surface area contributed by atoms with Crippen molar-refractivity contribution in [2.45, 2.75) is 64.7 Å². The normalized spacial score (nSPS) is 30.5. The van der Waals surface area contributed by atoms with Gasteiger partial charge in [-0.1, -0.05) is 18.5 Å². The molecule has 0 spiro atoms. The van der Waals surface area contributed by atoms with Gasteiger partial charge in [-0.3, -0.25) is 9.59 Å². The Hall–Kier alpha value is -2.12. The van der Waals surface area contributed by atoms with Crippen LogP contribution < -0.4 is 11.1 Å². The van der Waals surface area contributed by atoms with Gasteiger partial charge in [0.15, 0.2) is 10.9 Å². The molecule has 1 heterocycles. The van der Waals surface area contributed by atoms with E-state index < -0.39 is 0 Å². The average molecular weight is 488 g/mol. The minimum atomic E-state index is -0.321. The van der Waals surface area contributed by atoms with Crippen LogP contribution in [0.4, 0.5) is 10.8 Å². The Morgan fingerprint density at radius 3 is 2.94 bits per heavy atom. The van der Waals surface area contributed by atoms with Crippen LogP contribution in [0.3, 0.4) is 0 Å². The van der Waals surface area contributed by atoms with Crippen molar-refractivity contribution in [2.24, 2.45) is 23.2 Å². The van der Waals surface area contributed by atoms with Gasteiger partial charge in [0.1, 0.15) is 5.78 Å². The van der Waals surface area contributed by atoms with Crippen molar-refractivity contribution in [3.8, 4) is 5.75 Å². The summed E-state index contributed by atoms with van der Waals surface area (Å²) >= 11 is 7.93. The number of nitrogens with zero attached hydrogens (tertiary/aromatic N) is 1. The van der Waals surface area contributed by atoms with E-state index in [1.807, 2.05) is 13.0 Å². The summed E-state index contributed by atoms with van der Waals surface area (Å²) in [6.07, 6.45) is 6.89. The van der Waals surface area contributed by atoms with Crippen LogP contribution in [-0.4, -0.2) is 21.8 Å². The van der Waals surface area contributed by atoms with E-state index in [0.717, 1.165) is 41.7 Å². The number of carbonyl (C=O) groups excluding carboxylic acids is 2. The summed E-state index contributed by atoms with van der Waals surface area (Å²) in [4.78, 5) is 31.0. The van der Waals surface area contributed by atoms with Gasteiger partial charge in [0.05, 0.1) is 10.7 Å². The number of amides is 1. The first kappa shape index (κ1) is 22.7. The smallest absolute Gasteiger partial charge is 0.226 e. The lowest BCUT2D eigenvalue weighted by Gasteiger charge is -2.50. The Kier molecular flexibility index (Phi) is 5.68. The number of nitrogen functional groups attached to an aromatic ring is 1. The second-order valence-corrected chi connectivity index (χ2v) is 11.9. The third-order valence-corrected chi connectivity index (χ3v) is 9.66. The molecule has 1 amide bonds. The van der Waals surface area contributed by atoms with Crippen molar-refractivity contribution < 1.29 is 14.7 Å². The Bertz CT molecular complexity index is 1130. The van der Waals surface area contributed by atoms with Crippen LogP contribution in [0.15, 0.2) is 12.3 Å². The lowest BCUT2D eigenvalue weighted by atomic mass is 9.54. The second-order valence-electron chi connectivity index (χ2n) is 10.2. The fourth-order valence-electron chi connectivity index (χ4n) is 6.93. The number of aryl methyl sites for hydroxylation is 1. The van der Waals surface area contributed by atoms with E-state index in [1.165, 1.54) is 11.3 Å². The number of phenolic OH excluding ortho intramolecular Hbond substituents is 1. The first-order valence-corrected chi connectivity index (χ1v) is 12.9. The van der Waals surface area contributed by atoms with Crippen molar-refractivity contribution in [3.63, 3.8) is 0 Å². The molecule has 5 rings (SSSR count). The van der Waals surface area contributed by atoms with E-state index in [2.05, 4.69) is 17.2 Å². The first-order valence-electron chi connectivity index (χ1n) is 11.7. The van der Waals surface area contributed by atoms with E-state index in [4.69, 9.17) is 17.3 Å². The molecule has 3 unspecified atom stereocenters. The largest absolute Gasteiger partial charge is 0.504 e. The van der Waals surface area contributed by atoms with Gasteiger partial charge in [0.25, 0.3) is 0 Å². The highest BCUT2D eigenvalue weighted by Crippen LogP contribution is 2.63. The van der Waals surface area contributed by atoms with Crippen LogP contribution >= 0.6 is 22.9 Å². The number of hydrogen-bond acceptors (Lipinski definition) is 6. The van der Waals surface area contributed by atoms with E-state index in [0.29, 0.717) is 46.8 Å². The van der Waals surface area contributed by atoms with E-state index in [-0.39, 0.29) is 34.8 Å². The molecule has 0 bridgehead atoms. The fourth-order valence-corrected chi connectivity index (χ4v) is 7.92. The number of carbonyl (C=O) groups is 2. The number of aromatic nitrogens is 1. The Labute approximate surface area is 202 Å². The predicted molar refractivity (Wildman–Crippen MR) is 131 cm³/mol. The van der Waals surface area contributed by atoms with Crippen LogP contribution in [0.1, 0.15) is 67.4 Å². The summed E-state index contributed by atoms with van der Waals surface area (Å²) in [5.41, 5.74) is 8.21. The Morgan fingerprint density at radius 2 is 2.21 bits per heavy atom. The van der Waals surface area contributed by atoms with Crippen molar-refractivity contribution in [1.82, 2.24) is 4.98 Å². The van der Waals surface area contributed by atoms with Crippen LogP contribution in [0.25, 0.3) is 0 Å². The van der Waals surface area contributed by atoms with Gasteiger partial charge in [-0.2, -0.15) is 0 Å². The van der Waals surface area contributed by atoms with Gasteiger partial charge >= 0.3 is 0 Å². The average Bonchev–Trinajstić information content (AvgIpc) is 3.30. The molecule has 2 saturated carbocycles. The number of Topliss-reactive ketones (excluding diaryl/α,β-unsaturated/α-hetero) is 1. The van der Waals surface area contributed by atoms with Gasteiger partial charge in [-0.05, 0) is 79.9 Å². The van der Waals surface area contributed by atoms with Crippen molar-refractivity contribution in [2.75, 3.05) is 11.1 Å². The Balaban J connectivity index is 1.37. The maximum atomic E-state index is 13.2. The molecule has 2 fully saturated rings. The van der Waals surface area contributed by atoms with Gasteiger partial charge < -0.3 is 16.2 Å². The summed E-state index contributed by atoms with van der Waals surface area (Å²) in [6, 6.07) is 1.89. The monoisotopic (exact) mass is 487 g/mol. The SMILES string of the molecule is Cc1cnc(NC(=O)CC[C@@H]2CC(=O)[C@@]3(C)CCC4c5cc(N)c(O)c(Cl)c5CCC4C23)s1. The van der Waals surface area contributed by atoms with Gasteiger partial charge in [-0.15, -0.1) is 11.3 Å². The quantitative estimate of drug-likeness (QED) is 0.392. The van der Waals surface area contributed by atoms with Crippen LogP contribution in [0, 0.1) is 30.1 Å². The molecule has 4 N–H and O–H groups in total. The number of halogens is 1. The minimum absolute atomic E-state index is 0.0233. The maximum Gasteiger partial charge on any atom is 0.226 e. The topological polar surface area (TPSA) is 105 Å². The highest BCUT2D eigenvalue weighted by atomic mass is 35.5. The molecule has 3 aliphatic carbocycles. The zero-order valence-electron chi connectivity index (χ0n) is 19.0. The first-order chi connectivity index (χ1) is 15.7. The number of ketones is 1. The third-order valence-electron chi connectivity index (χ3n) is 8.42. The molecule has 3 aliphatic rings. The molecule has 1 aromatic carbocycles. The van der Waals surface area contributed by atoms with Crippen LogP contribution in [0.2, 0.25) is 5.02 Å². The van der Waals surface area contributed by atoms with Crippen LogP contribution in [0.5, 0.6) is 5.75 Å². The van der Waals surface area contributed by atoms with Gasteiger partial charge in [0, 0.05) is 29.3 Å². The molecule has 0 aliphatic heterocycles. The summed E-state index contributed by atoms with van der Waals surface area (Å²) in [5.74, 6) is 1.38. The minimum Gasteiger partial charge on any atom is -0.504 e. The molecule has 33 heavy (non-hydrogen) atoms. The summed E-state index contributed by atoms with van der Waals surface area (Å²) in [5, 5.41) is 14.1. The van der Waals surface area contributed by atoms with E-state index in [1.54, 1.807) is 6.20 Å². The number of benzene rings is 1. The highest BCUT2D eigenvalue weighted by molar-refractivity contribution is 7.15. The number of hydrogen-bond donors (Lipinski definition) is 3. The summed E-state index contributed by atoms with van der Waals surface area (Å²) < 4.78 is 0. The number of fused-ring (bicyclic) bond motifs is 5. The lowest BCUT2D eigenvalue weighted by molar-refractivity contribution is -0.129. The van der Waals surface area contributed by atoms with Crippen molar-refractivity contribution in [3.05, 3.63) is 33.3 Å². The molecular formula is C25H30ClN3O3S. The lowest BCUT2D eigenvalue weighted by Crippen LogP contribution is -2.44. The molecule has 176 valence electrons. The fraction of sp³-hybridized carbons (Fsp3) is 0.560. The predicted octanol–water partition coefficient (Wildman–Crippen LogP) is 5.46. The number of anilines is 2. The molecule has 2 aromatic rings. The van der Waals surface area contributed by atoms with E-state index >= 15 is 0 Å². The van der Waals surface area contributed by atoms with Crippen LogP contribution in [-0.2, 0) is 16.0 Å². The van der Waals surface area contributed by atoms with Crippen molar-refractivity contribution >= 4 is 45.4 Å². The number of phenols is 1. The maximum absolute atomic E-state index is 13.2. The molecular weight excluding hydrogens is 458 g/mol. The number of nitrogens with one attached hydrogen (secondary N) is 1. The van der Waals surface area contributed by atoms with E-state index in [9.17, 15) is 14.7 Å². The number of thiazole rings is 1. The molecule has 6 nitrogen and oxygen atoms in total.